The molecule has 1 aliphatic rings. The zero-order valence-corrected chi connectivity index (χ0v) is 15.9. The van der Waals surface area contributed by atoms with E-state index in [0.29, 0.717) is 12.0 Å². The van der Waals surface area contributed by atoms with Crippen LogP contribution >= 0.6 is 11.3 Å². The highest BCUT2D eigenvalue weighted by Crippen LogP contribution is 2.28. The highest BCUT2D eigenvalue weighted by Gasteiger charge is 2.30. The van der Waals surface area contributed by atoms with Crippen molar-refractivity contribution in [3.63, 3.8) is 0 Å². The monoisotopic (exact) mass is 362 g/mol. The Bertz CT molecular complexity index is 770. The van der Waals surface area contributed by atoms with Crippen LogP contribution in [-0.4, -0.2) is 24.0 Å². The van der Waals surface area contributed by atoms with Crippen LogP contribution in [0, 0.1) is 0 Å². The Morgan fingerprint density at radius 1 is 0.923 bits per heavy atom. The molecule has 2 heterocycles. The third-order valence-corrected chi connectivity index (χ3v) is 6.17. The van der Waals surface area contributed by atoms with E-state index in [1.807, 2.05) is 11.3 Å². The van der Waals surface area contributed by atoms with Gasteiger partial charge in [-0.15, -0.1) is 11.3 Å². The second-order valence-electron chi connectivity index (χ2n) is 7.09. The molecule has 1 aliphatic heterocycles. The van der Waals surface area contributed by atoms with Crippen LogP contribution in [0.25, 0.3) is 0 Å². The second kappa shape index (κ2) is 8.63. The van der Waals surface area contributed by atoms with Gasteiger partial charge in [0.15, 0.2) is 0 Å². The molecule has 26 heavy (non-hydrogen) atoms. The van der Waals surface area contributed by atoms with Gasteiger partial charge in [0.05, 0.1) is 0 Å². The number of nitrogens with one attached hydrogen (secondary N) is 1. The topological polar surface area (TPSA) is 15.3 Å². The minimum absolute atomic E-state index is 0.534. The maximum Gasteiger partial charge on any atom is 0.0302 e. The molecule has 4 rings (SSSR count). The lowest BCUT2D eigenvalue weighted by molar-refractivity contribution is 0.167. The molecule has 0 aliphatic carbocycles. The first-order valence-electron chi connectivity index (χ1n) is 9.45. The van der Waals surface area contributed by atoms with E-state index in [1.54, 1.807) is 0 Å². The van der Waals surface area contributed by atoms with Crippen molar-refractivity contribution in [3.8, 4) is 0 Å². The van der Waals surface area contributed by atoms with Crippen LogP contribution in [0.15, 0.2) is 78.2 Å². The average Bonchev–Trinajstić information content (AvgIpc) is 3.22. The fourth-order valence-corrected chi connectivity index (χ4v) is 4.59. The summed E-state index contributed by atoms with van der Waals surface area (Å²) in [6.07, 6.45) is 1.19. The van der Waals surface area contributed by atoms with E-state index in [-0.39, 0.29) is 0 Å². The summed E-state index contributed by atoms with van der Waals surface area (Å²) in [5.74, 6) is 0.536. The largest absolute Gasteiger partial charge is 0.308 e. The van der Waals surface area contributed by atoms with Gasteiger partial charge in [0, 0.05) is 43.0 Å². The SMILES string of the molecule is c1ccc(CN2CC[C@@H](NCc3cccs3)[C@H](c3ccccc3)C2)cc1. The van der Waals surface area contributed by atoms with Gasteiger partial charge in [0.25, 0.3) is 0 Å². The standard InChI is InChI=1S/C23H26N2S/c1-3-8-19(9-4-1)17-25-14-13-23(24-16-21-12-7-15-26-21)22(18-25)20-10-5-2-6-11-20/h1-12,15,22-24H,13-14,16-18H2/t22-,23+/m0/s1. The maximum atomic E-state index is 3.84. The molecule has 0 bridgehead atoms. The molecule has 1 fully saturated rings. The van der Waals surface area contributed by atoms with Gasteiger partial charge in [0.1, 0.15) is 0 Å². The normalized spacial score (nSPS) is 20.9. The molecule has 2 nitrogen and oxygen atoms in total. The molecule has 0 spiro atoms. The molecular formula is C23H26N2S. The number of hydrogen-bond donors (Lipinski definition) is 1. The van der Waals surface area contributed by atoms with E-state index in [0.717, 1.165) is 26.2 Å². The molecule has 134 valence electrons. The summed E-state index contributed by atoms with van der Waals surface area (Å²) in [5, 5.41) is 6.00. The van der Waals surface area contributed by atoms with Crippen molar-refractivity contribution in [1.29, 1.82) is 0 Å². The van der Waals surface area contributed by atoms with E-state index in [4.69, 9.17) is 0 Å². The third-order valence-electron chi connectivity index (χ3n) is 5.29. The van der Waals surface area contributed by atoms with Gasteiger partial charge in [-0.25, -0.2) is 0 Å². The van der Waals surface area contributed by atoms with Crippen LogP contribution in [-0.2, 0) is 13.1 Å². The van der Waals surface area contributed by atoms with Crippen molar-refractivity contribution in [1.82, 2.24) is 10.2 Å². The zero-order valence-electron chi connectivity index (χ0n) is 15.1. The Hall–Kier alpha value is -1.94. The summed E-state index contributed by atoms with van der Waals surface area (Å²) in [7, 11) is 0. The Morgan fingerprint density at radius 3 is 2.42 bits per heavy atom. The van der Waals surface area contributed by atoms with E-state index < -0.39 is 0 Å². The number of benzene rings is 2. The molecule has 1 N–H and O–H groups in total. The van der Waals surface area contributed by atoms with Gasteiger partial charge >= 0.3 is 0 Å². The minimum atomic E-state index is 0.534. The number of nitrogens with zero attached hydrogens (tertiary/aromatic N) is 1. The number of rotatable bonds is 6. The smallest absolute Gasteiger partial charge is 0.0302 e. The molecule has 0 radical (unpaired) electrons. The molecule has 2 atom stereocenters. The minimum Gasteiger partial charge on any atom is -0.308 e. The van der Waals surface area contributed by atoms with Gasteiger partial charge in [-0.1, -0.05) is 66.7 Å². The van der Waals surface area contributed by atoms with E-state index >= 15 is 0 Å². The predicted octanol–water partition coefficient (Wildman–Crippen LogP) is 4.90. The summed E-state index contributed by atoms with van der Waals surface area (Å²) in [5.41, 5.74) is 2.86. The fraction of sp³-hybridized carbons (Fsp3) is 0.304. The van der Waals surface area contributed by atoms with Gasteiger partial charge in [0.2, 0.25) is 0 Å². The highest BCUT2D eigenvalue weighted by atomic mass is 32.1. The van der Waals surface area contributed by atoms with Crippen LogP contribution in [0.3, 0.4) is 0 Å². The number of thiophene rings is 1. The van der Waals surface area contributed by atoms with E-state index in [1.165, 1.54) is 22.4 Å². The molecule has 1 saturated heterocycles. The second-order valence-corrected chi connectivity index (χ2v) is 8.13. The first kappa shape index (κ1) is 17.5. The van der Waals surface area contributed by atoms with Crippen molar-refractivity contribution in [2.24, 2.45) is 0 Å². The van der Waals surface area contributed by atoms with Crippen LogP contribution in [0.4, 0.5) is 0 Å². The predicted molar refractivity (Wildman–Crippen MR) is 110 cm³/mol. The van der Waals surface area contributed by atoms with E-state index in [9.17, 15) is 0 Å². The van der Waals surface area contributed by atoms with Gasteiger partial charge in [-0.2, -0.15) is 0 Å². The van der Waals surface area contributed by atoms with Crippen LogP contribution < -0.4 is 5.32 Å². The summed E-state index contributed by atoms with van der Waals surface area (Å²) in [4.78, 5) is 4.03. The number of likely N-dealkylation sites (tertiary alicyclic amines) is 1. The van der Waals surface area contributed by atoms with Crippen molar-refractivity contribution in [2.45, 2.75) is 31.5 Å². The first-order chi connectivity index (χ1) is 12.9. The highest BCUT2D eigenvalue weighted by molar-refractivity contribution is 7.09. The molecule has 0 amide bonds. The Labute approximate surface area is 160 Å². The van der Waals surface area contributed by atoms with E-state index in [2.05, 4.69) is 88.4 Å². The lowest BCUT2D eigenvalue weighted by Gasteiger charge is -2.39. The fourth-order valence-electron chi connectivity index (χ4n) is 3.93. The van der Waals surface area contributed by atoms with Crippen LogP contribution in [0.1, 0.15) is 28.3 Å². The van der Waals surface area contributed by atoms with Crippen molar-refractivity contribution < 1.29 is 0 Å². The molecule has 3 heteroatoms. The molecule has 1 aromatic heterocycles. The molecule has 3 aromatic rings. The summed E-state index contributed by atoms with van der Waals surface area (Å²) in [6, 6.07) is 26.8. The number of hydrogen-bond acceptors (Lipinski definition) is 3. The van der Waals surface area contributed by atoms with Gasteiger partial charge in [-0.3, -0.25) is 4.90 Å². The Morgan fingerprint density at radius 2 is 1.69 bits per heavy atom. The quantitative estimate of drug-likeness (QED) is 0.671. The van der Waals surface area contributed by atoms with Gasteiger partial charge < -0.3 is 5.32 Å². The Balaban J connectivity index is 1.46. The lowest BCUT2D eigenvalue weighted by atomic mass is 9.85. The summed E-state index contributed by atoms with van der Waals surface area (Å²) < 4.78 is 0. The van der Waals surface area contributed by atoms with Crippen molar-refractivity contribution >= 4 is 11.3 Å². The first-order valence-corrected chi connectivity index (χ1v) is 10.3. The maximum absolute atomic E-state index is 3.84. The third kappa shape index (κ3) is 4.42. The van der Waals surface area contributed by atoms with Crippen LogP contribution in [0.5, 0.6) is 0 Å². The molecule has 0 unspecified atom stereocenters. The number of piperidine rings is 1. The zero-order chi connectivity index (χ0) is 17.6. The molecule has 2 aromatic carbocycles. The molecule has 0 saturated carbocycles. The van der Waals surface area contributed by atoms with Gasteiger partial charge in [-0.05, 0) is 29.0 Å². The summed E-state index contributed by atoms with van der Waals surface area (Å²) >= 11 is 1.84. The van der Waals surface area contributed by atoms with Crippen molar-refractivity contribution in [3.05, 3.63) is 94.2 Å². The van der Waals surface area contributed by atoms with Crippen LogP contribution in [0.2, 0.25) is 0 Å². The van der Waals surface area contributed by atoms with Crippen molar-refractivity contribution in [2.75, 3.05) is 13.1 Å². The lowest BCUT2D eigenvalue weighted by Crippen LogP contribution is -2.47. The Kier molecular flexibility index (Phi) is 5.80. The average molecular weight is 363 g/mol. The summed E-state index contributed by atoms with van der Waals surface area (Å²) in [6.45, 7) is 4.29. The molecular weight excluding hydrogens is 336 g/mol.